The van der Waals surface area contributed by atoms with E-state index in [-0.39, 0.29) is 0 Å². The van der Waals surface area contributed by atoms with Crippen molar-refractivity contribution in [2.24, 2.45) is 22.7 Å². The average molecular weight is 275 g/mol. The van der Waals surface area contributed by atoms with Crippen molar-refractivity contribution < 1.29 is 4.42 Å². The molecular formula is C16H25N3O. The molecule has 2 aliphatic rings. The first kappa shape index (κ1) is 13.5. The summed E-state index contributed by atoms with van der Waals surface area (Å²) in [6.07, 6.45) is 8.90. The van der Waals surface area contributed by atoms with E-state index >= 15 is 0 Å². The second kappa shape index (κ2) is 6.33. The van der Waals surface area contributed by atoms with E-state index in [4.69, 9.17) is 4.42 Å². The third kappa shape index (κ3) is 3.17. The molecule has 0 saturated heterocycles. The lowest BCUT2D eigenvalue weighted by Gasteiger charge is -2.22. The summed E-state index contributed by atoms with van der Waals surface area (Å²) in [5.74, 6) is 4.80. The topological polar surface area (TPSA) is 49.6 Å². The maximum Gasteiger partial charge on any atom is 0.191 e. The highest BCUT2D eigenvalue weighted by molar-refractivity contribution is 5.79. The van der Waals surface area contributed by atoms with Crippen molar-refractivity contribution in [3.63, 3.8) is 0 Å². The molecule has 4 heteroatoms. The molecule has 0 radical (unpaired) electrons. The van der Waals surface area contributed by atoms with Crippen LogP contribution in [0.2, 0.25) is 0 Å². The Hall–Kier alpha value is -1.45. The predicted molar refractivity (Wildman–Crippen MR) is 80.5 cm³/mol. The third-order valence-corrected chi connectivity index (χ3v) is 4.93. The van der Waals surface area contributed by atoms with Crippen molar-refractivity contribution in [1.82, 2.24) is 10.6 Å². The normalized spacial score (nSPS) is 28.9. The minimum atomic E-state index is 0.681. The molecule has 2 saturated carbocycles. The van der Waals surface area contributed by atoms with Crippen molar-refractivity contribution in [2.45, 2.75) is 38.6 Å². The second-order valence-electron chi connectivity index (χ2n) is 6.16. The molecular weight excluding hydrogens is 250 g/mol. The van der Waals surface area contributed by atoms with Crippen LogP contribution in [0.1, 0.15) is 37.9 Å². The number of fused-ring (bicyclic) bond motifs is 2. The Kier molecular flexibility index (Phi) is 4.28. The van der Waals surface area contributed by atoms with Crippen LogP contribution >= 0.6 is 0 Å². The highest BCUT2D eigenvalue weighted by atomic mass is 16.3. The molecule has 3 atom stereocenters. The van der Waals surface area contributed by atoms with Gasteiger partial charge in [-0.3, -0.25) is 4.99 Å². The summed E-state index contributed by atoms with van der Waals surface area (Å²) in [5.41, 5.74) is 0. The predicted octanol–water partition coefficient (Wildman–Crippen LogP) is 2.77. The van der Waals surface area contributed by atoms with Crippen LogP contribution in [0.25, 0.3) is 0 Å². The summed E-state index contributed by atoms with van der Waals surface area (Å²) in [4.78, 5) is 4.25. The summed E-state index contributed by atoms with van der Waals surface area (Å²) in [7, 11) is 1.81. The fourth-order valence-electron chi connectivity index (χ4n) is 3.91. The molecule has 4 nitrogen and oxygen atoms in total. The molecule has 0 aromatic carbocycles. The van der Waals surface area contributed by atoms with E-state index in [1.807, 2.05) is 19.2 Å². The summed E-state index contributed by atoms with van der Waals surface area (Å²) in [5, 5.41) is 6.69. The number of rotatable bonds is 5. The molecule has 1 heterocycles. The van der Waals surface area contributed by atoms with Crippen molar-refractivity contribution in [1.29, 1.82) is 0 Å². The fourth-order valence-corrected chi connectivity index (χ4v) is 3.91. The maximum absolute atomic E-state index is 5.30. The standard InChI is InChI=1S/C16H25N3O/c1-17-16(19-11-15-3-2-8-20-15)18-7-6-14-10-12-4-5-13(14)9-12/h2-3,8,12-14H,4-7,9-11H2,1H3,(H2,17,18,19). The Morgan fingerprint density at radius 3 is 2.95 bits per heavy atom. The molecule has 2 aliphatic carbocycles. The van der Waals surface area contributed by atoms with Crippen LogP contribution in [0.15, 0.2) is 27.8 Å². The van der Waals surface area contributed by atoms with E-state index in [1.54, 1.807) is 6.26 Å². The van der Waals surface area contributed by atoms with Gasteiger partial charge in [0.2, 0.25) is 0 Å². The Morgan fingerprint density at radius 2 is 2.30 bits per heavy atom. The van der Waals surface area contributed by atoms with Gasteiger partial charge >= 0.3 is 0 Å². The minimum absolute atomic E-state index is 0.681. The van der Waals surface area contributed by atoms with Crippen LogP contribution in [0, 0.1) is 17.8 Å². The van der Waals surface area contributed by atoms with Gasteiger partial charge in [-0.1, -0.05) is 6.42 Å². The summed E-state index contributed by atoms with van der Waals surface area (Å²) in [6.45, 7) is 1.70. The molecule has 2 bridgehead atoms. The van der Waals surface area contributed by atoms with Gasteiger partial charge < -0.3 is 15.1 Å². The Morgan fingerprint density at radius 1 is 1.35 bits per heavy atom. The van der Waals surface area contributed by atoms with E-state index in [0.29, 0.717) is 6.54 Å². The van der Waals surface area contributed by atoms with Crippen LogP contribution < -0.4 is 10.6 Å². The van der Waals surface area contributed by atoms with Crippen LogP contribution in [0.4, 0.5) is 0 Å². The van der Waals surface area contributed by atoms with Crippen molar-refractivity contribution in [3.8, 4) is 0 Å². The molecule has 3 rings (SSSR count). The van der Waals surface area contributed by atoms with Gasteiger partial charge in [0, 0.05) is 13.6 Å². The number of nitrogens with zero attached hydrogens (tertiary/aromatic N) is 1. The van der Waals surface area contributed by atoms with Crippen LogP contribution in [-0.2, 0) is 6.54 Å². The van der Waals surface area contributed by atoms with E-state index in [9.17, 15) is 0 Å². The van der Waals surface area contributed by atoms with E-state index in [1.165, 1.54) is 32.1 Å². The second-order valence-corrected chi connectivity index (χ2v) is 6.16. The number of nitrogens with one attached hydrogen (secondary N) is 2. The molecule has 1 aromatic heterocycles. The van der Waals surface area contributed by atoms with Gasteiger partial charge in [-0.2, -0.15) is 0 Å². The Balaban J connectivity index is 1.36. The molecule has 3 unspecified atom stereocenters. The van der Waals surface area contributed by atoms with Gasteiger partial charge in [0.25, 0.3) is 0 Å². The van der Waals surface area contributed by atoms with Crippen LogP contribution in [0.5, 0.6) is 0 Å². The maximum atomic E-state index is 5.30. The van der Waals surface area contributed by atoms with Crippen LogP contribution in [-0.4, -0.2) is 19.6 Å². The lowest BCUT2D eigenvalue weighted by molar-refractivity contribution is 0.315. The van der Waals surface area contributed by atoms with Gasteiger partial charge in [0.1, 0.15) is 5.76 Å². The molecule has 0 amide bonds. The number of hydrogen-bond donors (Lipinski definition) is 2. The number of furan rings is 1. The smallest absolute Gasteiger partial charge is 0.191 e. The highest BCUT2D eigenvalue weighted by Crippen LogP contribution is 2.49. The molecule has 0 aliphatic heterocycles. The summed E-state index contributed by atoms with van der Waals surface area (Å²) < 4.78 is 5.30. The number of aliphatic imine (C=N–C) groups is 1. The quantitative estimate of drug-likeness (QED) is 0.642. The molecule has 1 aromatic rings. The number of guanidine groups is 1. The molecule has 110 valence electrons. The van der Waals surface area contributed by atoms with Gasteiger partial charge in [0.05, 0.1) is 12.8 Å². The first-order valence-electron chi connectivity index (χ1n) is 7.82. The first-order chi connectivity index (χ1) is 9.85. The fraction of sp³-hybridized carbons (Fsp3) is 0.688. The summed E-state index contributed by atoms with van der Waals surface area (Å²) >= 11 is 0. The molecule has 2 fully saturated rings. The third-order valence-electron chi connectivity index (χ3n) is 4.93. The van der Waals surface area contributed by atoms with E-state index in [2.05, 4.69) is 15.6 Å². The zero-order valence-corrected chi connectivity index (χ0v) is 12.3. The monoisotopic (exact) mass is 275 g/mol. The lowest BCUT2D eigenvalue weighted by Crippen LogP contribution is -2.38. The minimum Gasteiger partial charge on any atom is -0.467 e. The van der Waals surface area contributed by atoms with Gasteiger partial charge in [0.15, 0.2) is 5.96 Å². The Bertz CT molecular complexity index is 441. The zero-order chi connectivity index (χ0) is 13.8. The zero-order valence-electron chi connectivity index (χ0n) is 12.3. The Labute approximate surface area is 121 Å². The van der Waals surface area contributed by atoms with Gasteiger partial charge in [-0.15, -0.1) is 0 Å². The summed E-state index contributed by atoms with van der Waals surface area (Å²) in [6, 6.07) is 3.87. The van der Waals surface area contributed by atoms with Crippen molar-refractivity contribution >= 4 is 5.96 Å². The largest absolute Gasteiger partial charge is 0.467 e. The van der Waals surface area contributed by atoms with E-state index < -0.39 is 0 Å². The number of hydrogen-bond acceptors (Lipinski definition) is 2. The first-order valence-corrected chi connectivity index (χ1v) is 7.82. The molecule has 20 heavy (non-hydrogen) atoms. The van der Waals surface area contributed by atoms with Crippen LogP contribution in [0.3, 0.4) is 0 Å². The van der Waals surface area contributed by atoms with Gasteiger partial charge in [-0.05, 0) is 55.6 Å². The SMILES string of the molecule is CN=C(NCCC1CC2CCC1C2)NCc1ccco1. The molecule has 0 spiro atoms. The highest BCUT2D eigenvalue weighted by Gasteiger charge is 2.38. The molecule has 2 N–H and O–H groups in total. The average Bonchev–Trinajstić information content (AvgIpc) is 3.19. The lowest BCUT2D eigenvalue weighted by atomic mass is 9.86. The van der Waals surface area contributed by atoms with Crippen molar-refractivity contribution in [3.05, 3.63) is 24.2 Å². The van der Waals surface area contributed by atoms with Crippen molar-refractivity contribution in [2.75, 3.05) is 13.6 Å². The van der Waals surface area contributed by atoms with E-state index in [0.717, 1.165) is 36.0 Å². The van der Waals surface area contributed by atoms with Gasteiger partial charge in [-0.25, -0.2) is 0 Å².